The molecule has 2 N–H and O–H groups in total. The number of benzene rings is 3. The number of amides is 1. The lowest BCUT2D eigenvalue weighted by molar-refractivity contribution is -0.115. The van der Waals surface area contributed by atoms with Crippen molar-refractivity contribution in [1.29, 1.82) is 0 Å². The van der Waals surface area contributed by atoms with Crippen LogP contribution in [0.3, 0.4) is 0 Å². The number of rotatable bonds is 6. The predicted octanol–water partition coefficient (Wildman–Crippen LogP) is 6.44. The van der Waals surface area contributed by atoms with Crippen LogP contribution in [0.15, 0.2) is 66.7 Å². The summed E-state index contributed by atoms with van der Waals surface area (Å²) in [6, 6.07) is 20.5. The Morgan fingerprint density at radius 2 is 1.52 bits per heavy atom. The molecule has 0 aliphatic heterocycles. The zero-order valence-corrected chi connectivity index (χ0v) is 16.6. The Bertz CT molecular complexity index is 925. The third-order valence-corrected chi connectivity index (χ3v) is 4.92. The second-order valence-corrected chi connectivity index (χ2v) is 7.21. The molecule has 0 heterocycles. The molecule has 138 valence electrons. The van der Waals surface area contributed by atoms with Gasteiger partial charge in [-0.3, -0.25) is 4.79 Å². The van der Waals surface area contributed by atoms with Gasteiger partial charge >= 0.3 is 0 Å². The van der Waals surface area contributed by atoms with Gasteiger partial charge in [0, 0.05) is 21.6 Å². The van der Waals surface area contributed by atoms with Gasteiger partial charge in [0.1, 0.15) is 0 Å². The molecule has 0 saturated carbocycles. The Labute approximate surface area is 173 Å². The summed E-state index contributed by atoms with van der Waals surface area (Å²) in [6.07, 6.45) is 0.0726. The van der Waals surface area contributed by atoms with Gasteiger partial charge in [-0.25, -0.2) is 0 Å². The van der Waals surface area contributed by atoms with Crippen molar-refractivity contribution in [3.05, 3.63) is 92.9 Å². The van der Waals surface area contributed by atoms with E-state index in [4.69, 9.17) is 34.8 Å². The summed E-state index contributed by atoms with van der Waals surface area (Å²) >= 11 is 18.4. The first-order chi connectivity index (χ1) is 13.0. The highest BCUT2D eigenvalue weighted by molar-refractivity contribution is 6.36. The first kappa shape index (κ1) is 19.6. The van der Waals surface area contributed by atoms with Crippen molar-refractivity contribution < 1.29 is 4.79 Å². The molecule has 0 aromatic heterocycles. The van der Waals surface area contributed by atoms with Crippen LogP contribution in [-0.2, 0) is 17.8 Å². The molecule has 3 aromatic carbocycles. The molecule has 0 aliphatic rings. The summed E-state index contributed by atoms with van der Waals surface area (Å²) in [5, 5.41) is 7.67. The third-order valence-electron chi connectivity index (χ3n) is 3.98. The number of carbonyl (C=O) groups is 1. The van der Waals surface area contributed by atoms with Crippen LogP contribution in [0.2, 0.25) is 15.1 Å². The molecule has 0 atom stereocenters. The molecule has 0 fully saturated rings. The van der Waals surface area contributed by atoms with Crippen LogP contribution in [0, 0.1) is 0 Å². The number of hydrogen-bond acceptors (Lipinski definition) is 2. The highest BCUT2D eigenvalue weighted by atomic mass is 35.5. The Balaban J connectivity index is 1.73. The number of halogens is 3. The number of carbonyl (C=O) groups excluding carboxylic acids is 1. The second-order valence-electron chi connectivity index (χ2n) is 5.95. The van der Waals surface area contributed by atoms with Crippen molar-refractivity contribution in [3.63, 3.8) is 0 Å². The van der Waals surface area contributed by atoms with Crippen molar-refractivity contribution in [3.8, 4) is 0 Å². The zero-order chi connectivity index (χ0) is 19.2. The summed E-state index contributed by atoms with van der Waals surface area (Å²) in [4.78, 5) is 12.5. The monoisotopic (exact) mass is 418 g/mol. The van der Waals surface area contributed by atoms with E-state index in [0.717, 1.165) is 11.3 Å². The van der Waals surface area contributed by atoms with E-state index in [1.165, 1.54) is 0 Å². The average Bonchev–Trinajstić information content (AvgIpc) is 2.65. The summed E-state index contributed by atoms with van der Waals surface area (Å²) in [5.74, 6) is -0.227. The van der Waals surface area contributed by atoms with Crippen LogP contribution < -0.4 is 10.6 Å². The lowest BCUT2D eigenvalue weighted by atomic mass is 10.1. The minimum atomic E-state index is -0.227. The molecule has 0 aliphatic carbocycles. The predicted molar refractivity (Wildman–Crippen MR) is 114 cm³/mol. The molecule has 6 heteroatoms. The number of hydrogen-bond donors (Lipinski definition) is 2. The van der Waals surface area contributed by atoms with Crippen LogP contribution in [0.4, 0.5) is 11.4 Å². The highest BCUT2D eigenvalue weighted by Gasteiger charge is 2.13. The van der Waals surface area contributed by atoms with Crippen molar-refractivity contribution in [2.24, 2.45) is 0 Å². The summed E-state index contributed by atoms with van der Waals surface area (Å²) in [5.41, 5.74) is 3.11. The van der Waals surface area contributed by atoms with Crippen molar-refractivity contribution in [2.45, 2.75) is 13.0 Å². The minimum absolute atomic E-state index is 0.0726. The number of nitrogens with one attached hydrogen (secondary N) is 2. The number of anilines is 2. The van der Waals surface area contributed by atoms with Crippen molar-refractivity contribution in [1.82, 2.24) is 0 Å². The Morgan fingerprint density at radius 1 is 0.815 bits per heavy atom. The van der Waals surface area contributed by atoms with Gasteiger partial charge in [-0.2, -0.15) is 0 Å². The van der Waals surface area contributed by atoms with E-state index in [-0.39, 0.29) is 12.3 Å². The van der Waals surface area contributed by atoms with E-state index in [1.54, 1.807) is 30.3 Å². The first-order valence-corrected chi connectivity index (χ1v) is 9.46. The van der Waals surface area contributed by atoms with Crippen LogP contribution in [0.1, 0.15) is 11.1 Å². The van der Waals surface area contributed by atoms with E-state index in [2.05, 4.69) is 10.6 Å². The van der Waals surface area contributed by atoms with E-state index in [9.17, 15) is 4.79 Å². The van der Waals surface area contributed by atoms with Gasteiger partial charge < -0.3 is 10.6 Å². The maximum absolute atomic E-state index is 12.5. The highest BCUT2D eigenvalue weighted by Crippen LogP contribution is 2.28. The molecule has 0 saturated heterocycles. The molecule has 0 spiro atoms. The first-order valence-electron chi connectivity index (χ1n) is 8.33. The zero-order valence-electron chi connectivity index (χ0n) is 14.3. The van der Waals surface area contributed by atoms with Gasteiger partial charge in [0.2, 0.25) is 5.91 Å². The van der Waals surface area contributed by atoms with Gasteiger partial charge in [-0.1, -0.05) is 71.2 Å². The fourth-order valence-electron chi connectivity index (χ4n) is 2.62. The van der Waals surface area contributed by atoms with E-state index in [0.29, 0.717) is 32.9 Å². The van der Waals surface area contributed by atoms with Crippen LogP contribution >= 0.6 is 34.8 Å². The molecular weight excluding hydrogens is 403 g/mol. The molecule has 3 nitrogen and oxygen atoms in total. The largest absolute Gasteiger partial charge is 0.379 e. The molecule has 27 heavy (non-hydrogen) atoms. The summed E-state index contributed by atoms with van der Waals surface area (Å²) < 4.78 is 0. The normalized spacial score (nSPS) is 10.5. The molecule has 0 unspecified atom stereocenters. The quantitative estimate of drug-likeness (QED) is 0.482. The van der Waals surface area contributed by atoms with E-state index < -0.39 is 0 Å². The Hall–Kier alpha value is -2.20. The van der Waals surface area contributed by atoms with Crippen LogP contribution in [-0.4, -0.2) is 5.91 Å². The van der Waals surface area contributed by atoms with Crippen molar-refractivity contribution >= 4 is 52.1 Å². The molecule has 0 bridgehead atoms. The standard InChI is InChI=1S/C21H17Cl3N2O/c22-15-9-10-19(25-13-14-5-2-1-3-6-14)20(11-15)26-21(27)12-16-17(23)7-4-8-18(16)24/h1-11,25H,12-13H2,(H,26,27). The average molecular weight is 420 g/mol. The van der Waals surface area contributed by atoms with Gasteiger partial charge in [0.05, 0.1) is 17.8 Å². The fraction of sp³-hybridized carbons (Fsp3) is 0.0952. The summed E-state index contributed by atoms with van der Waals surface area (Å²) in [7, 11) is 0. The Morgan fingerprint density at radius 3 is 2.22 bits per heavy atom. The lowest BCUT2D eigenvalue weighted by Crippen LogP contribution is -2.16. The third kappa shape index (κ3) is 5.39. The molecular formula is C21H17Cl3N2O. The van der Waals surface area contributed by atoms with Crippen molar-refractivity contribution in [2.75, 3.05) is 10.6 Å². The summed E-state index contributed by atoms with van der Waals surface area (Å²) in [6.45, 7) is 0.627. The molecule has 3 rings (SSSR count). The fourth-order valence-corrected chi connectivity index (χ4v) is 3.33. The van der Waals surface area contributed by atoms with Gasteiger partial charge in [0.25, 0.3) is 0 Å². The smallest absolute Gasteiger partial charge is 0.228 e. The molecule has 1 amide bonds. The Kier molecular flexibility index (Phi) is 6.62. The van der Waals surface area contributed by atoms with E-state index in [1.807, 2.05) is 36.4 Å². The maximum Gasteiger partial charge on any atom is 0.228 e. The molecule has 3 aromatic rings. The second kappa shape index (κ2) is 9.14. The topological polar surface area (TPSA) is 41.1 Å². The van der Waals surface area contributed by atoms with E-state index >= 15 is 0 Å². The SMILES string of the molecule is O=C(Cc1c(Cl)cccc1Cl)Nc1cc(Cl)ccc1NCc1ccccc1. The van der Waals surface area contributed by atoms with Gasteiger partial charge in [-0.05, 0) is 41.5 Å². The van der Waals surface area contributed by atoms with Crippen LogP contribution in [0.5, 0.6) is 0 Å². The van der Waals surface area contributed by atoms with Crippen LogP contribution in [0.25, 0.3) is 0 Å². The lowest BCUT2D eigenvalue weighted by Gasteiger charge is -2.14. The minimum Gasteiger partial charge on any atom is -0.379 e. The van der Waals surface area contributed by atoms with Gasteiger partial charge in [-0.15, -0.1) is 0 Å². The molecule has 0 radical (unpaired) electrons. The van der Waals surface area contributed by atoms with Gasteiger partial charge in [0.15, 0.2) is 0 Å². The maximum atomic E-state index is 12.5.